The van der Waals surface area contributed by atoms with Gasteiger partial charge < -0.3 is 15.7 Å². The average molecular weight is 295 g/mol. The lowest BCUT2D eigenvalue weighted by Gasteiger charge is -2.28. The molecule has 21 heavy (non-hydrogen) atoms. The fourth-order valence-corrected chi connectivity index (χ4v) is 2.49. The fourth-order valence-electron chi connectivity index (χ4n) is 2.49. The normalized spacial score (nSPS) is 21.8. The maximum Gasteiger partial charge on any atom is 0.353 e. The molecule has 0 saturated heterocycles. The molecular weight excluding hydrogens is 274 g/mol. The minimum absolute atomic E-state index is 0.163. The van der Waals surface area contributed by atoms with Crippen LogP contribution in [0.5, 0.6) is 0 Å². The van der Waals surface area contributed by atoms with Gasteiger partial charge >= 0.3 is 5.69 Å². The lowest BCUT2D eigenvalue weighted by Crippen LogP contribution is -2.36. The highest BCUT2D eigenvalue weighted by molar-refractivity contribution is 5.69. The maximum absolute atomic E-state index is 11.3. The molecule has 1 fully saturated rings. The summed E-state index contributed by atoms with van der Waals surface area (Å²) >= 11 is 0. The van der Waals surface area contributed by atoms with Crippen LogP contribution in [-0.2, 0) is 0 Å². The highest BCUT2D eigenvalue weighted by Gasteiger charge is 2.28. The average Bonchev–Trinajstić information content (AvgIpc) is 2.47. The monoisotopic (exact) mass is 295 g/mol. The number of aliphatic hydroxyl groups excluding tert-OH is 1. The van der Waals surface area contributed by atoms with Crippen LogP contribution in [0, 0.1) is 10.1 Å². The summed E-state index contributed by atoms with van der Waals surface area (Å²) < 4.78 is 0. The molecule has 1 aliphatic carbocycles. The molecule has 1 aromatic heterocycles. The highest BCUT2D eigenvalue weighted by Crippen LogP contribution is 2.31. The van der Waals surface area contributed by atoms with Crippen LogP contribution in [-0.4, -0.2) is 38.7 Å². The molecule has 0 spiro atoms. The Bertz CT molecular complexity index is 497. The first-order valence-corrected chi connectivity index (χ1v) is 7.31. The molecular formula is C13H21N5O3. The van der Waals surface area contributed by atoms with Gasteiger partial charge in [0.25, 0.3) is 0 Å². The summed E-state index contributed by atoms with van der Waals surface area (Å²) in [4.78, 5) is 18.7. The Balaban J connectivity index is 2.23. The first kappa shape index (κ1) is 15.4. The smallest absolute Gasteiger partial charge is 0.353 e. The first-order chi connectivity index (χ1) is 10.1. The van der Waals surface area contributed by atoms with Crippen LogP contribution in [0.4, 0.5) is 17.3 Å². The quantitative estimate of drug-likeness (QED) is 0.542. The number of rotatable bonds is 6. The van der Waals surface area contributed by atoms with Crippen LogP contribution in [0.2, 0.25) is 0 Å². The van der Waals surface area contributed by atoms with Gasteiger partial charge in [0, 0.05) is 6.54 Å². The summed E-state index contributed by atoms with van der Waals surface area (Å²) in [7, 11) is 0. The Hall–Kier alpha value is -1.96. The number of hydrogen-bond acceptors (Lipinski definition) is 7. The molecule has 3 N–H and O–H groups in total. The molecule has 0 amide bonds. The van der Waals surface area contributed by atoms with E-state index in [-0.39, 0.29) is 23.4 Å². The summed E-state index contributed by atoms with van der Waals surface area (Å²) in [6.07, 6.45) is 5.09. The van der Waals surface area contributed by atoms with Crippen molar-refractivity contribution in [1.29, 1.82) is 0 Å². The summed E-state index contributed by atoms with van der Waals surface area (Å²) in [5, 5.41) is 27.2. The van der Waals surface area contributed by atoms with Crippen LogP contribution in [0.25, 0.3) is 0 Å². The van der Waals surface area contributed by atoms with E-state index in [1.807, 2.05) is 6.92 Å². The van der Waals surface area contributed by atoms with Crippen molar-refractivity contribution < 1.29 is 10.0 Å². The molecule has 2 unspecified atom stereocenters. The number of anilines is 2. The largest absolute Gasteiger partial charge is 0.391 e. The fraction of sp³-hybridized carbons (Fsp3) is 0.692. The molecule has 1 aromatic rings. The van der Waals surface area contributed by atoms with Gasteiger partial charge in [0.2, 0.25) is 11.6 Å². The molecule has 0 radical (unpaired) electrons. The van der Waals surface area contributed by atoms with E-state index >= 15 is 0 Å². The summed E-state index contributed by atoms with van der Waals surface area (Å²) in [5.74, 6) is 0.379. The van der Waals surface area contributed by atoms with Crippen LogP contribution in [0.3, 0.4) is 0 Å². The van der Waals surface area contributed by atoms with Gasteiger partial charge in [-0.2, -0.15) is 0 Å². The summed E-state index contributed by atoms with van der Waals surface area (Å²) in [6, 6.07) is -0.202. The number of nitrogens with zero attached hydrogens (tertiary/aromatic N) is 3. The van der Waals surface area contributed by atoms with Crippen molar-refractivity contribution >= 4 is 17.3 Å². The molecule has 1 aliphatic rings. The van der Waals surface area contributed by atoms with E-state index < -0.39 is 11.0 Å². The molecule has 0 bridgehead atoms. The zero-order valence-corrected chi connectivity index (χ0v) is 12.1. The van der Waals surface area contributed by atoms with E-state index in [4.69, 9.17) is 0 Å². The van der Waals surface area contributed by atoms with Crippen molar-refractivity contribution in [2.75, 3.05) is 17.2 Å². The van der Waals surface area contributed by atoms with E-state index in [0.717, 1.165) is 25.7 Å². The minimum atomic E-state index is -0.500. The third-order valence-corrected chi connectivity index (χ3v) is 3.60. The molecule has 2 rings (SSSR count). The molecule has 116 valence electrons. The maximum atomic E-state index is 11.3. The van der Waals surface area contributed by atoms with E-state index in [1.165, 1.54) is 6.33 Å². The van der Waals surface area contributed by atoms with Crippen molar-refractivity contribution in [3.63, 3.8) is 0 Å². The second-order valence-corrected chi connectivity index (χ2v) is 5.21. The third-order valence-electron chi connectivity index (χ3n) is 3.60. The Kier molecular flexibility index (Phi) is 5.26. The zero-order chi connectivity index (χ0) is 15.2. The standard InChI is InChI=1S/C13H21N5O3/c1-2-7-14-12-11(18(20)21)13(16-8-15-12)17-9-5-3-4-6-10(9)19/h8-10,19H,2-7H2,1H3,(H2,14,15,16,17). The van der Waals surface area contributed by atoms with Crippen LogP contribution < -0.4 is 10.6 Å². The van der Waals surface area contributed by atoms with Crippen LogP contribution in [0.1, 0.15) is 39.0 Å². The number of hydrogen-bond donors (Lipinski definition) is 3. The van der Waals surface area contributed by atoms with Crippen LogP contribution >= 0.6 is 0 Å². The Morgan fingerprint density at radius 1 is 1.38 bits per heavy atom. The second-order valence-electron chi connectivity index (χ2n) is 5.21. The molecule has 8 heteroatoms. The van der Waals surface area contributed by atoms with Gasteiger partial charge in [-0.25, -0.2) is 9.97 Å². The van der Waals surface area contributed by atoms with E-state index in [2.05, 4.69) is 20.6 Å². The predicted molar refractivity (Wildman–Crippen MR) is 79.4 cm³/mol. The van der Waals surface area contributed by atoms with Gasteiger partial charge in [-0.05, 0) is 19.3 Å². The van der Waals surface area contributed by atoms with E-state index in [9.17, 15) is 15.2 Å². The zero-order valence-electron chi connectivity index (χ0n) is 12.1. The van der Waals surface area contributed by atoms with Gasteiger partial charge in [-0.3, -0.25) is 10.1 Å². The SMILES string of the molecule is CCCNc1ncnc(NC2CCCCC2O)c1[N+](=O)[O-]. The molecule has 1 heterocycles. The van der Waals surface area contributed by atoms with Crippen molar-refractivity contribution in [2.45, 2.75) is 51.2 Å². The number of nitro groups is 1. The lowest BCUT2D eigenvalue weighted by atomic mass is 9.92. The van der Waals surface area contributed by atoms with Gasteiger partial charge in [-0.1, -0.05) is 19.8 Å². The van der Waals surface area contributed by atoms with E-state index in [1.54, 1.807) is 0 Å². The Labute approximate surface area is 123 Å². The Morgan fingerprint density at radius 3 is 2.76 bits per heavy atom. The first-order valence-electron chi connectivity index (χ1n) is 7.31. The van der Waals surface area contributed by atoms with Gasteiger partial charge in [0.05, 0.1) is 17.1 Å². The predicted octanol–water partition coefficient (Wildman–Crippen LogP) is 1.92. The van der Waals surface area contributed by atoms with Gasteiger partial charge in [0.1, 0.15) is 6.33 Å². The third kappa shape index (κ3) is 3.78. The van der Waals surface area contributed by atoms with E-state index in [0.29, 0.717) is 13.0 Å². The Morgan fingerprint density at radius 2 is 2.10 bits per heavy atom. The molecule has 2 atom stereocenters. The molecule has 0 aliphatic heterocycles. The summed E-state index contributed by atoms with van der Waals surface area (Å²) in [6.45, 7) is 2.57. The molecule has 8 nitrogen and oxygen atoms in total. The minimum Gasteiger partial charge on any atom is -0.391 e. The van der Waals surface area contributed by atoms with Crippen LogP contribution in [0.15, 0.2) is 6.33 Å². The van der Waals surface area contributed by atoms with Crippen molar-refractivity contribution in [3.05, 3.63) is 16.4 Å². The number of nitrogens with one attached hydrogen (secondary N) is 2. The summed E-state index contributed by atoms with van der Waals surface area (Å²) in [5.41, 5.74) is -0.163. The number of aromatic nitrogens is 2. The van der Waals surface area contributed by atoms with Crippen molar-refractivity contribution in [1.82, 2.24) is 9.97 Å². The highest BCUT2D eigenvalue weighted by atomic mass is 16.6. The second kappa shape index (κ2) is 7.16. The van der Waals surface area contributed by atoms with Crippen molar-refractivity contribution in [3.8, 4) is 0 Å². The van der Waals surface area contributed by atoms with Crippen molar-refractivity contribution in [2.24, 2.45) is 0 Å². The topological polar surface area (TPSA) is 113 Å². The van der Waals surface area contributed by atoms with Gasteiger partial charge in [0.15, 0.2) is 0 Å². The molecule has 0 aromatic carbocycles. The number of aliphatic hydroxyl groups is 1. The lowest BCUT2D eigenvalue weighted by molar-refractivity contribution is -0.383. The van der Waals surface area contributed by atoms with Gasteiger partial charge in [-0.15, -0.1) is 0 Å². The molecule has 1 saturated carbocycles.